The zero-order valence-electron chi connectivity index (χ0n) is 14.5. The first kappa shape index (κ1) is 17.7. The second-order valence-corrected chi connectivity index (χ2v) is 9.09. The zero-order chi connectivity index (χ0) is 18.1. The predicted molar refractivity (Wildman–Crippen MR) is 105 cm³/mol. The lowest BCUT2D eigenvalue weighted by Gasteiger charge is -2.08. The second kappa shape index (κ2) is 7.48. The van der Waals surface area contributed by atoms with E-state index >= 15 is 0 Å². The van der Waals surface area contributed by atoms with Gasteiger partial charge in [0.05, 0.1) is 17.7 Å². The second-order valence-electron chi connectivity index (χ2n) is 6.33. The lowest BCUT2D eigenvalue weighted by atomic mass is 10.1. The molecule has 3 aromatic heterocycles. The van der Waals surface area contributed by atoms with Crippen LogP contribution in [0.3, 0.4) is 0 Å². The Balaban J connectivity index is 1.78. The Labute approximate surface area is 159 Å². The Morgan fingerprint density at radius 3 is 2.92 bits per heavy atom. The summed E-state index contributed by atoms with van der Waals surface area (Å²) in [5.74, 6) is 1.61. The molecule has 0 bridgehead atoms. The highest BCUT2D eigenvalue weighted by atomic mass is 32.2. The molecule has 1 saturated carbocycles. The van der Waals surface area contributed by atoms with Gasteiger partial charge in [0.1, 0.15) is 16.3 Å². The molecule has 0 amide bonds. The maximum Gasteiger partial charge on any atom is 0.232 e. The van der Waals surface area contributed by atoms with Crippen molar-refractivity contribution < 1.29 is 9.29 Å². The highest BCUT2D eigenvalue weighted by Crippen LogP contribution is 2.47. The van der Waals surface area contributed by atoms with Gasteiger partial charge in [-0.05, 0) is 36.2 Å². The molecule has 1 aliphatic rings. The molecule has 1 unspecified atom stereocenters. The number of hydrogen-bond acceptors (Lipinski definition) is 7. The molecule has 1 fully saturated rings. The summed E-state index contributed by atoms with van der Waals surface area (Å²) in [6, 6.07) is 3.82. The number of thiophene rings is 1. The largest absolute Gasteiger partial charge is 0.611 e. The Morgan fingerprint density at radius 2 is 2.23 bits per heavy atom. The standard InChI is InChI=1S/C18H20N4O2S2/c1-24-8-3-9-26(23)18-14(19)13-15(11-5-6-11)21-16(22-17(13)25-18)12-4-2-7-20-10-12/h2,4,7,10-11H,3,5-6,8-9,19H2,1H3. The van der Waals surface area contributed by atoms with Crippen LogP contribution in [-0.2, 0) is 15.9 Å². The Hall–Kier alpha value is -1.74. The van der Waals surface area contributed by atoms with Gasteiger partial charge in [-0.15, -0.1) is 0 Å². The lowest BCUT2D eigenvalue weighted by molar-refractivity contribution is 0.199. The summed E-state index contributed by atoms with van der Waals surface area (Å²) in [7, 11) is 1.65. The summed E-state index contributed by atoms with van der Waals surface area (Å²) in [4.78, 5) is 14.5. The van der Waals surface area contributed by atoms with Crippen LogP contribution in [0.1, 0.15) is 30.9 Å². The minimum atomic E-state index is -1.15. The topological polar surface area (TPSA) is 97.0 Å². The summed E-state index contributed by atoms with van der Waals surface area (Å²) in [6.45, 7) is 0.592. The lowest BCUT2D eigenvalue weighted by Crippen LogP contribution is -2.09. The van der Waals surface area contributed by atoms with Gasteiger partial charge in [0.25, 0.3) is 0 Å². The average Bonchev–Trinajstić information content (AvgIpc) is 3.46. The molecular weight excluding hydrogens is 368 g/mol. The first-order valence-corrected chi connectivity index (χ1v) is 10.7. The molecule has 0 aliphatic heterocycles. The van der Waals surface area contributed by atoms with Crippen molar-refractivity contribution in [2.75, 3.05) is 25.2 Å². The average molecular weight is 389 g/mol. The van der Waals surface area contributed by atoms with Crippen LogP contribution >= 0.6 is 11.3 Å². The number of hydrogen-bond donors (Lipinski definition) is 1. The highest BCUT2D eigenvalue weighted by molar-refractivity contribution is 7.93. The summed E-state index contributed by atoms with van der Waals surface area (Å²) >= 11 is 0.273. The van der Waals surface area contributed by atoms with Crippen LogP contribution in [0.25, 0.3) is 21.6 Å². The van der Waals surface area contributed by atoms with Crippen molar-refractivity contribution in [2.24, 2.45) is 0 Å². The molecular formula is C18H20N4O2S2. The minimum absolute atomic E-state index is 0.419. The number of nitrogens with two attached hydrogens (primary N) is 1. The molecule has 2 N–H and O–H groups in total. The van der Waals surface area contributed by atoms with E-state index in [0.29, 0.717) is 34.0 Å². The fraction of sp³-hybridized carbons (Fsp3) is 0.389. The highest BCUT2D eigenvalue weighted by Gasteiger charge is 2.32. The van der Waals surface area contributed by atoms with Crippen LogP contribution in [-0.4, -0.2) is 39.0 Å². The van der Waals surface area contributed by atoms with Crippen LogP contribution in [0, 0.1) is 0 Å². The third-order valence-electron chi connectivity index (χ3n) is 4.35. The van der Waals surface area contributed by atoms with E-state index in [4.69, 9.17) is 20.4 Å². The van der Waals surface area contributed by atoms with Crippen LogP contribution in [0.5, 0.6) is 0 Å². The van der Waals surface area contributed by atoms with Crippen molar-refractivity contribution in [2.45, 2.75) is 29.4 Å². The third-order valence-corrected chi connectivity index (χ3v) is 7.35. The third kappa shape index (κ3) is 3.42. The van der Waals surface area contributed by atoms with E-state index < -0.39 is 11.2 Å². The van der Waals surface area contributed by atoms with Gasteiger partial charge in [-0.1, -0.05) is 11.3 Å². The van der Waals surface area contributed by atoms with Crippen LogP contribution in [0.15, 0.2) is 28.7 Å². The predicted octanol–water partition coefficient (Wildman–Crippen LogP) is 3.36. The number of nitrogen functional groups attached to an aromatic ring is 1. The molecule has 0 aromatic carbocycles. The van der Waals surface area contributed by atoms with E-state index in [-0.39, 0.29) is 0 Å². The molecule has 136 valence electrons. The van der Waals surface area contributed by atoms with E-state index in [0.717, 1.165) is 40.7 Å². The quantitative estimate of drug-likeness (QED) is 0.492. The van der Waals surface area contributed by atoms with Gasteiger partial charge < -0.3 is 15.0 Å². The molecule has 4 rings (SSSR count). The fourth-order valence-electron chi connectivity index (χ4n) is 2.90. The van der Waals surface area contributed by atoms with Gasteiger partial charge in [-0.25, -0.2) is 9.97 Å². The number of anilines is 1. The summed E-state index contributed by atoms with van der Waals surface area (Å²) in [5, 5.41) is 0.889. The van der Waals surface area contributed by atoms with Crippen molar-refractivity contribution in [3.8, 4) is 11.4 Å². The molecule has 0 radical (unpaired) electrons. The smallest absolute Gasteiger partial charge is 0.232 e. The van der Waals surface area contributed by atoms with Gasteiger partial charge in [0, 0.05) is 37.4 Å². The monoisotopic (exact) mass is 388 g/mol. The molecule has 0 saturated heterocycles. The van der Waals surface area contributed by atoms with Crippen LogP contribution < -0.4 is 5.73 Å². The molecule has 0 spiro atoms. The Morgan fingerprint density at radius 1 is 1.38 bits per heavy atom. The number of ether oxygens (including phenoxy) is 1. The maximum atomic E-state index is 12.7. The van der Waals surface area contributed by atoms with Crippen molar-refractivity contribution in [1.82, 2.24) is 15.0 Å². The number of pyridine rings is 1. The maximum absolute atomic E-state index is 12.7. The van der Waals surface area contributed by atoms with E-state index in [1.807, 2.05) is 12.1 Å². The molecule has 8 heteroatoms. The first-order chi connectivity index (χ1) is 12.7. The molecule has 3 heterocycles. The number of rotatable bonds is 7. The number of methoxy groups -OCH3 is 1. The van der Waals surface area contributed by atoms with E-state index in [1.165, 1.54) is 11.3 Å². The molecule has 1 atom stereocenters. The van der Waals surface area contributed by atoms with Crippen molar-refractivity contribution in [3.05, 3.63) is 30.2 Å². The van der Waals surface area contributed by atoms with Crippen LogP contribution in [0.2, 0.25) is 0 Å². The first-order valence-electron chi connectivity index (χ1n) is 8.56. The number of aromatic nitrogens is 3. The normalized spacial score (nSPS) is 15.5. The Kier molecular flexibility index (Phi) is 5.08. The molecule has 26 heavy (non-hydrogen) atoms. The number of fused-ring (bicyclic) bond motifs is 1. The van der Waals surface area contributed by atoms with Gasteiger partial charge in [0.2, 0.25) is 4.21 Å². The van der Waals surface area contributed by atoms with E-state index in [2.05, 4.69) is 4.98 Å². The summed E-state index contributed by atoms with van der Waals surface area (Å²) < 4.78 is 18.4. The molecule has 6 nitrogen and oxygen atoms in total. The van der Waals surface area contributed by atoms with Gasteiger partial charge >= 0.3 is 0 Å². The number of nitrogens with zero attached hydrogens (tertiary/aromatic N) is 3. The fourth-order valence-corrected chi connectivity index (χ4v) is 5.51. The van der Waals surface area contributed by atoms with Gasteiger partial charge in [-0.2, -0.15) is 0 Å². The van der Waals surface area contributed by atoms with Crippen molar-refractivity contribution in [1.29, 1.82) is 0 Å². The van der Waals surface area contributed by atoms with Crippen LogP contribution in [0.4, 0.5) is 5.69 Å². The van der Waals surface area contributed by atoms with E-state index in [9.17, 15) is 4.55 Å². The Bertz CT molecular complexity index is 912. The van der Waals surface area contributed by atoms with Gasteiger partial charge in [-0.3, -0.25) is 4.98 Å². The molecule has 1 aliphatic carbocycles. The summed E-state index contributed by atoms with van der Waals surface area (Å²) in [6.07, 6.45) is 6.45. The molecule has 3 aromatic rings. The van der Waals surface area contributed by atoms with Crippen molar-refractivity contribution in [3.63, 3.8) is 0 Å². The van der Waals surface area contributed by atoms with E-state index in [1.54, 1.807) is 19.5 Å². The van der Waals surface area contributed by atoms with Gasteiger partial charge in [0.15, 0.2) is 5.82 Å². The minimum Gasteiger partial charge on any atom is -0.611 e. The SMILES string of the molecule is COCCC[S+]([O-])c1sc2nc(-c3cccnc3)nc(C3CC3)c2c1N. The zero-order valence-corrected chi connectivity index (χ0v) is 16.1. The van der Waals surface area contributed by atoms with Crippen molar-refractivity contribution >= 4 is 38.4 Å². The summed E-state index contributed by atoms with van der Waals surface area (Å²) in [5.41, 5.74) is 8.85.